The van der Waals surface area contributed by atoms with E-state index in [4.69, 9.17) is 0 Å². The van der Waals surface area contributed by atoms with Crippen molar-refractivity contribution in [1.29, 1.82) is 0 Å². The molecule has 0 aromatic heterocycles. The molecule has 3 aromatic carbocycles. The first-order chi connectivity index (χ1) is 13.6. The van der Waals surface area contributed by atoms with E-state index in [9.17, 15) is 9.18 Å². The number of nitrogens with zero attached hydrogens (tertiary/aromatic N) is 2. The Kier molecular flexibility index (Phi) is 5.06. The van der Waals surface area contributed by atoms with Gasteiger partial charge in [0.05, 0.1) is 11.9 Å². The minimum Gasteiger partial charge on any atom is -0.369 e. The van der Waals surface area contributed by atoms with Gasteiger partial charge in [0, 0.05) is 24.2 Å². The van der Waals surface area contributed by atoms with Crippen LogP contribution < -0.4 is 10.3 Å². The number of hydrazone groups is 1. The van der Waals surface area contributed by atoms with Crippen LogP contribution in [0.1, 0.15) is 34.3 Å². The van der Waals surface area contributed by atoms with Gasteiger partial charge in [-0.15, -0.1) is 0 Å². The molecule has 1 aliphatic rings. The maximum Gasteiger partial charge on any atom is 0.271 e. The molecule has 4 nitrogen and oxygen atoms in total. The fraction of sp³-hybridized carbons (Fsp3) is 0.217. The Bertz CT molecular complexity index is 1050. The molecule has 1 fully saturated rings. The zero-order chi connectivity index (χ0) is 19.5. The quantitative estimate of drug-likeness (QED) is 0.533. The topological polar surface area (TPSA) is 44.7 Å². The monoisotopic (exact) mass is 375 g/mol. The Balaban J connectivity index is 1.51. The average molecular weight is 375 g/mol. The zero-order valence-electron chi connectivity index (χ0n) is 15.8. The van der Waals surface area contributed by atoms with Crippen molar-refractivity contribution in [2.45, 2.75) is 19.8 Å². The molecule has 4 rings (SSSR count). The van der Waals surface area contributed by atoms with E-state index in [0.29, 0.717) is 16.8 Å². The van der Waals surface area contributed by atoms with Crippen LogP contribution in [0, 0.1) is 12.7 Å². The smallest absolute Gasteiger partial charge is 0.271 e. The van der Waals surface area contributed by atoms with Gasteiger partial charge in [-0.1, -0.05) is 36.4 Å². The maximum atomic E-state index is 14.5. The van der Waals surface area contributed by atoms with Crippen LogP contribution in [0.4, 0.5) is 10.1 Å². The number of halogens is 1. The number of benzene rings is 3. The highest BCUT2D eigenvalue weighted by Gasteiger charge is 2.17. The van der Waals surface area contributed by atoms with Gasteiger partial charge in [0.25, 0.3) is 5.91 Å². The Hall–Kier alpha value is -3.21. The summed E-state index contributed by atoms with van der Waals surface area (Å²) in [7, 11) is 0. The molecular formula is C23H22FN3O. The number of hydrogen-bond acceptors (Lipinski definition) is 3. The molecule has 0 radical (unpaired) electrons. The number of aryl methyl sites for hydroxylation is 1. The molecule has 0 spiro atoms. The number of nitrogens with one attached hydrogen (secondary N) is 1. The molecule has 1 N–H and O–H groups in total. The van der Waals surface area contributed by atoms with Crippen molar-refractivity contribution in [3.05, 3.63) is 77.1 Å². The zero-order valence-corrected chi connectivity index (χ0v) is 15.8. The summed E-state index contributed by atoms with van der Waals surface area (Å²) in [6.07, 6.45) is 3.69. The Morgan fingerprint density at radius 3 is 2.68 bits per heavy atom. The van der Waals surface area contributed by atoms with Crippen molar-refractivity contribution in [3.8, 4) is 0 Å². The summed E-state index contributed by atoms with van der Waals surface area (Å²) < 4.78 is 14.5. The number of rotatable bonds is 4. The van der Waals surface area contributed by atoms with Crippen molar-refractivity contribution in [1.82, 2.24) is 5.43 Å². The second-order valence-corrected chi connectivity index (χ2v) is 7.08. The predicted molar refractivity (Wildman–Crippen MR) is 112 cm³/mol. The highest BCUT2D eigenvalue weighted by atomic mass is 19.1. The van der Waals surface area contributed by atoms with E-state index in [1.54, 1.807) is 6.07 Å². The molecule has 3 aromatic rings. The first-order valence-electron chi connectivity index (χ1n) is 9.50. The highest BCUT2D eigenvalue weighted by Crippen LogP contribution is 2.26. The number of fused-ring (bicyclic) bond motifs is 1. The lowest BCUT2D eigenvalue weighted by Crippen LogP contribution is -2.19. The van der Waals surface area contributed by atoms with Gasteiger partial charge in [0.15, 0.2) is 0 Å². The number of amides is 1. The third kappa shape index (κ3) is 3.60. The summed E-state index contributed by atoms with van der Waals surface area (Å²) in [4.78, 5) is 14.6. The third-order valence-electron chi connectivity index (χ3n) is 5.19. The predicted octanol–water partition coefficient (Wildman–Crippen LogP) is 4.65. The average Bonchev–Trinajstić information content (AvgIpc) is 3.24. The summed E-state index contributed by atoms with van der Waals surface area (Å²) in [5.41, 5.74) is 5.33. The van der Waals surface area contributed by atoms with Gasteiger partial charge in [0.2, 0.25) is 0 Å². The normalized spacial score (nSPS) is 14.1. The molecule has 0 unspecified atom stereocenters. The summed E-state index contributed by atoms with van der Waals surface area (Å²) in [5.74, 6) is -0.547. The summed E-state index contributed by atoms with van der Waals surface area (Å²) in [6.45, 7) is 3.71. The van der Waals surface area contributed by atoms with Crippen LogP contribution in [-0.2, 0) is 0 Å². The van der Waals surface area contributed by atoms with E-state index < -0.39 is 0 Å². The molecule has 1 saturated heterocycles. The molecule has 28 heavy (non-hydrogen) atoms. The van der Waals surface area contributed by atoms with Gasteiger partial charge >= 0.3 is 0 Å². The van der Waals surface area contributed by atoms with E-state index in [2.05, 4.69) is 15.4 Å². The molecule has 5 heteroatoms. The molecule has 1 amide bonds. The van der Waals surface area contributed by atoms with E-state index in [1.165, 1.54) is 12.3 Å². The second-order valence-electron chi connectivity index (χ2n) is 7.08. The van der Waals surface area contributed by atoms with E-state index in [1.807, 2.05) is 49.4 Å². The Morgan fingerprint density at radius 1 is 1.11 bits per heavy atom. The highest BCUT2D eigenvalue weighted by molar-refractivity contribution is 6.07. The first-order valence-corrected chi connectivity index (χ1v) is 9.50. The van der Waals surface area contributed by atoms with Crippen LogP contribution in [0.2, 0.25) is 0 Å². The van der Waals surface area contributed by atoms with E-state index >= 15 is 0 Å². The molecule has 1 heterocycles. The fourth-order valence-electron chi connectivity index (χ4n) is 3.67. The van der Waals surface area contributed by atoms with E-state index in [-0.39, 0.29) is 11.7 Å². The summed E-state index contributed by atoms with van der Waals surface area (Å²) in [5, 5.41) is 5.91. The lowest BCUT2D eigenvalue weighted by molar-refractivity contribution is 0.0957. The molecule has 0 saturated carbocycles. The van der Waals surface area contributed by atoms with Crippen LogP contribution in [0.5, 0.6) is 0 Å². The number of carbonyl (C=O) groups is 1. The Morgan fingerprint density at radius 2 is 1.86 bits per heavy atom. The molecule has 0 atom stereocenters. The Labute approximate surface area is 163 Å². The van der Waals surface area contributed by atoms with E-state index in [0.717, 1.165) is 42.3 Å². The van der Waals surface area contributed by atoms with Crippen LogP contribution in [-0.4, -0.2) is 25.2 Å². The fourth-order valence-corrected chi connectivity index (χ4v) is 3.67. The minimum atomic E-state index is -0.292. The lowest BCUT2D eigenvalue weighted by atomic mass is 10.0. The molecule has 0 bridgehead atoms. The summed E-state index contributed by atoms with van der Waals surface area (Å²) in [6, 6.07) is 16.6. The first kappa shape index (κ1) is 18.2. The van der Waals surface area contributed by atoms with Crippen molar-refractivity contribution >= 4 is 28.6 Å². The van der Waals surface area contributed by atoms with Gasteiger partial charge in [-0.05, 0) is 54.3 Å². The van der Waals surface area contributed by atoms with Crippen LogP contribution in [0.3, 0.4) is 0 Å². The van der Waals surface area contributed by atoms with Crippen molar-refractivity contribution in [2.24, 2.45) is 5.10 Å². The number of anilines is 1. The standard InChI is InChI=1S/C23H22FN3O/c1-16-13-22(27-11-4-5-12-27)21(24)14-18(16)15-25-26-23(28)20-10-6-8-17-7-2-3-9-19(17)20/h2-3,6-10,13-15H,4-5,11-12H2,1H3,(H,26,28). The second kappa shape index (κ2) is 7.80. The van der Waals surface area contributed by atoms with Gasteiger partial charge < -0.3 is 4.90 Å². The van der Waals surface area contributed by atoms with Gasteiger partial charge in [-0.3, -0.25) is 4.79 Å². The SMILES string of the molecule is Cc1cc(N2CCCC2)c(F)cc1C=NNC(=O)c1cccc2ccccc12. The largest absolute Gasteiger partial charge is 0.369 e. The van der Waals surface area contributed by atoms with Crippen LogP contribution >= 0.6 is 0 Å². The van der Waals surface area contributed by atoms with Crippen molar-refractivity contribution < 1.29 is 9.18 Å². The molecule has 1 aliphatic heterocycles. The van der Waals surface area contributed by atoms with Crippen LogP contribution in [0.15, 0.2) is 59.7 Å². The van der Waals surface area contributed by atoms with Gasteiger partial charge in [-0.2, -0.15) is 5.10 Å². The van der Waals surface area contributed by atoms with Crippen LogP contribution in [0.25, 0.3) is 10.8 Å². The minimum absolute atomic E-state index is 0.255. The lowest BCUT2D eigenvalue weighted by Gasteiger charge is -2.19. The molecule has 142 valence electrons. The van der Waals surface area contributed by atoms with Crippen molar-refractivity contribution in [2.75, 3.05) is 18.0 Å². The van der Waals surface area contributed by atoms with Crippen molar-refractivity contribution in [3.63, 3.8) is 0 Å². The maximum absolute atomic E-state index is 14.5. The summed E-state index contributed by atoms with van der Waals surface area (Å²) >= 11 is 0. The van der Waals surface area contributed by atoms with Gasteiger partial charge in [-0.25, -0.2) is 9.82 Å². The number of hydrogen-bond donors (Lipinski definition) is 1. The molecular weight excluding hydrogens is 353 g/mol. The number of carbonyl (C=O) groups excluding carboxylic acids is 1. The molecule has 0 aliphatic carbocycles. The van der Waals surface area contributed by atoms with Gasteiger partial charge in [0.1, 0.15) is 5.82 Å². The third-order valence-corrected chi connectivity index (χ3v) is 5.19.